The van der Waals surface area contributed by atoms with Gasteiger partial charge in [-0.25, -0.2) is 0 Å². The van der Waals surface area contributed by atoms with Gasteiger partial charge in [0.1, 0.15) is 12.4 Å². The molecule has 0 saturated carbocycles. The van der Waals surface area contributed by atoms with E-state index in [1.807, 2.05) is 30.3 Å². The summed E-state index contributed by atoms with van der Waals surface area (Å²) in [6.45, 7) is 4.23. The maximum atomic E-state index is 6.23. The summed E-state index contributed by atoms with van der Waals surface area (Å²) in [5.74, 6) is 0.912. The average molecular weight is 400 g/mol. The lowest BCUT2D eigenvalue weighted by atomic mass is 10.1. The van der Waals surface area contributed by atoms with Gasteiger partial charge in [0, 0.05) is 22.2 Å². The lowest BCUT2D eigenvalue weighted by molar-refractivity contribution is 0.302. The predicted molar refractivity (Wildman–Crippen MR) is 114 cm³/mol. The van der Waals surface area contributed by atoms with Crippen molar-refractivity contribution in [3.05, 3.63) is 99.0 Å². The monoisotopic (exact) mass is 399 g/mol. The van der Waals surface area contributed by atoms with Crippen LogP contribution in [0, 0.1) is 6.92 Å². The number of halogens is 2. The molecule has 0 aliphatic rings. The van der Waals surface area contributed by atoms with Crippen LogP contribution in [0.25, 0.3) is 0 Å². The molecule has 2 nitrogen and oxygen atoms in total. The van der Waals surface area contributed by atoms with Gasteiger partial charge in [-0.15, -0.1) is 0 Å². The second kappa shape index (κ2) is 9.80. The Balaban J connectivity index is 1.52. The molecule has 0 atom stereocenters. The van der Waals surface area contributed by atoms with E-state index in [1.54, 1.807) is 6.07 Å². The molecule has 0 saturated heterocycles. The zero-order valence-corrected chi connectivity index (χ0v) is 16.9. The Morgan fingerprint density at radius 3 is 2.44 bits per heavy atom. The van der Waals surface area contributed by atoms with Crippen molar-refractivity contribution in [1.82, 2.24) is 5.32 Å². The first-order chi connectivity index (χ1) is 13.1. The minimum absolute atomic E-state index is 0.567. The van der Waals surface area contributed by atoms with Gasteiger partial charge in [0.15, 0.2) is 0 Å². The van der Waals surface area contributed by atoms with E-state index >= 15 is 0 Å². The molecule has 0 bridgehead atoms. The zero-order valence-electron chi connectivity index (χ0n) is 15.3. The van der Waals surface area contributed by atoms with Gasteiger partial charge in [0.05, 0.1) is 0 Å². The molecule has 0 fully saturated rings. The van der Waals surface area contributed by atoms with Crippen molar-refractivity contribution in [2.75, 3.05) is 6.54 Å². The van der Waals surface area contributed by atoms with Crippen LogP contribution in [0.2, 0.25) is 10.0 Å². The molecule has 27 heavy (non-hydrogen) atoms. The highest BCUT2D eigenvalue weighted by atomic mass is 35.5. The molecule has 1 N–H and O–H groups in total. The number of hydrogen-bond donors (Lipinski definition) is 1. The Kier molecular flexibility index (Phi) is 7.17. The van der Waals surface area contributed by atoms with E-state index in [2.05, 4.69) is 42.6 Å². The number of para-hydroxylation sites is 1. The smallest absolute Gasteiger partial charge is 0.124 e. The number of nitrogens with one attached hydrogen (secondary N) is 1. The number of aryl methyl sites for hydroxylation is 1. The third kappa shape index (κ3) is 6.00. The van der Waals surface area contributed by atoms with Crippen LogP contribution in [0.3, 0.4) is 0 Å². The molecular weight excluding hydrogens is 377 g/mol. The Bertz CT molecular complexity index is 878. The summed E-state index contributed by atoms with van der Waals surface area (Å²) in [4.78, 5) is 0. The van der Waals surface area contributed by atoms with E-state index in [-0.39, 0.29) is 0 Å². The molecule has 0 aliphatic heterocycles. The molecule has 0 spiro atoms. The van der Waals surface area contributed by atoms with Crippen LogP contribution in [0.1, 0.15) is 22.3 Å². The van der Waals surface area contributed by atoms with Crippen molar-refractivity contribution in [3.8, 4) is 5.75 Å². The predicted octanol–water partition coefficient (Wildman–Crippen LogP) is 6.21. The van der Waals surface area contributed by atoms with E-state index in [0.29, 0.717) is 16.7 Å². The highest BCUT2D eigenvalue weighted by molar-refractivity contribution is 6.35. The number of benzene rings is 3. The minimum Gasteiger partial charge on any atom is -0.489 e. The first-order valence-electron chi connectivity index (χ1n) is 9.03. The summed E-state index contributed by atoms with van der Waals surface area (Å²) in [6.07, 6.45) is 0.850. The lowest BCUT2D eigenvalue weighted by Crippen LogP contribution is -2.17. The molecule has 0 amide bonds. The van der Waals surface area contributed by atoms with Crippen LogP contribution in [0.4, 0.5) is 0 Å². The van der Waals surface area contributed by atoms with Crippen LogP contribution >= 0.6 is 23.2 Å². The highest BCUT2D eigenvalue weighted by Gasteiger charge is 2.05. The van der Waals surface area contributed by atoms with Gasteiger partial charge in [-0.3, -0.25) is 0 Å². The van der Waals surface area contributed by atoms with Crippen molar-refractivity contribution >= 4 is 23.2 Å². The van der Waals surface area contributed by atoms with Gasteiger partial charge in [-0.1, -0.05) is 77.3 Å². The third-order valence-electron chi connectivity index (χ3n) is 4.39. The Labute approximate surface area is 171 Å². The van der Waals surface area contributed by atoms with Crippen LogP contribution < -0.4 is 10.1 Å². The molecule has 140 valence electrons. The second-order valence-corrected chi connectivity index (χ2v) is 7.39. The quantitative estimate of drug-likeness (QED) is 0.454. The molecular formula is C23H23Cl2NO. The van der Waals surface area contributed by atoms with E-state index in [1.165, 1.54) is 11.1 Å². The van der Waals surface area contributed by atoms with Gasteiger partial charge in [0.2, 0.25) is 0 Å². The first kappa shape index (κ1) is 19.8. The minimum atomic E-state index is 0.567. The van der Waals surface area contributed by atoms with E-state index in [9.17, 15) is 0 Å². The van der Waals surface area contributed by atoms with Crippen molar-refractivity contribution in [3.63, 3.8) is 0 Å². The third-order valence-corrected chi connectivity index (χ3v) is 4.98. The van der Waals surface area contributed by atoms with Gasteiger partial charge < -0.3 is 10.1 Å². The van der Waals surface area contributed by atoms with Crippen molar-refractivity contribution < 1.29 is 4.74 Å². The normalized spacial score (nSPS) is 10.8. The fraction of sp³-hybridized carbons (Fsp3) is 0.217. The number of hydrogen-bond acceptors (Lipinski definition) is 2. The van der Waals surface area contributed by atoms with E-state index in [0.717, 1.165) is 36.4 Å². The van der Waals surface area contributed by atoms with E-state index < -0.39 is 0 Å². The standard InChI is InChI=1S/C23H23Cl2NO/c1-17-6-8-18(9-7-17)16-27-23-5-3-2-4-20(23)15-26-13-12-19-10-11-21(24)14-22(19)25/h2-11,14,26H,12-13,15-16H2,1H3. The van der Waals surface area contributed by atoms with Crippen LogP contribution in [-0.4, -0.2) is 6.54 Å². The summed E-state index contributed by atoms with van der Waals surface area (Å²) in [5, 5.41) is 4.84. The van der Waals surface area contributed by atoms with Gasteiger partial charge >= 0.3 is 0 Å². The fourth-order valence-electron chi connectivity index (χ4n) is 2.81. The zero-order chi connectivity index (χ0) is 19.1. The SMILES string of the molecule is Cc1ccc(COc2ccccc2CNCCc2ccc(Cl)cc2Cl)cc1. The van der Waals surface area contributed by atoms with Crippen molar-refractivity contribution in [2.45, 2.75) is 26.5 Å². The van der Waals surface area contributed by atoms with Gasteiger partial charge in [0.25, 0.3) is 0 Å². The summed E-state index contributed by atoms with van der Waals surface area (Å²) < 4.78 is 6.03. The van der Waals surface area contributed by atoms with Gasteiger partial charge in [-0.05, 0) is 49.2 Å². The molecule has 0 heterocycles. The van der Waals surface area contributed by atoms with Gasteiger partial charge in [-0.2, -0.15) is 0 Å². The van der Waals surface area contributed by atoms with Crippen LogP contribution in [0.15, 0.2) is 66.7 Å². The molecule has 0 radical (unpaired) electrons. The number of rotatable bonds is 8. The van der Waals surface area contributed by atoms with E-state index in [4.69, 9.17) is 27.9 Å². The average Bonchev–Trinajstić information content (AvgIpc) is 2.67. The molecule has 3 aromatic rings. The molecule has 0 aromatic heterocycles. The summed E-state index contributed by atoms with van der Waals surface area (Å²) in [5.41, 5.74) is 4.66. The van der Waals surface area contributed by atoms with Crippen molar-refractivity contribution in [1.29, 1.82) is 0 Å². The summed E-state index contributed by atoms with van der Waals surface area (Å²) in [7, 11) is 0. The van der Waals surface area contributed by atoms with Crippen LogP contribution in [-0.2, 0) is 19.6 Å². The Morgan fingerprint density at radius 2 is 1.67 bits per heavy atom. The lowest BCUT2D eigenvalue weighted by Gasteiger charge is -2.13. The molecule has 0 unspecified atom stereocenters. The highest BCUT2D eigenvalue weighted by Crippen LogP contribution is 2.22. The van der Waals surface area contributed by atoms with Crippen molar-refractivity contribution in [2.24, 2.45) is 0 Å². The fourth-order valence-corrected chi connectivity index (χ4v) is 3.31. The maximum Gasteiger partial charge on any atom is 0.124 e. The molecule has 3 aromatic carbocycles. The Hall–Kier alpha value is -2.00. The molecule has 0 aliphatic carbocycles. The number of ether oxygens (including phenoxy) is 1. The molecule has 3 rings (SSSR count). The first-order valence-corrected chi connectivity index (χ1v) is 9.78. The maximum absolute atomic E-state index is 6.23. The summed E-state index contributed by atoms with van der Waals surface area (Å²) >= 11 is 12.2. The topological polar surface area (TPSA) is 21.3 Å². The summed E-state index contributed by atoms with van der Waals surface area (Å²) in [6, 6.07) is 22.2. The Morgan fingerprint density at radius 1 is 0.889 bits per heavy atom. The van der Waals surface area contributed by atoms with Crippen LogP contribution in [0.5, 0.6) is 5.75 Å². The molecule has 4 heteroatoms. The largest absolute Gasteiger partial charge is 0.489 e. The second-order valence-electron chi connectivity index (χ2n) is 6.54.